The van der Waals surface area contributed by atoms with Gasteiger partial charge in [-0.1, -0.05) is 143 Å². The van der Waals surface area contributed by atoms with Crippen LogP contribution in [0.4, 0.5) is 0 Å². The SMILES string of the molecule is C.CC(C)(C)Cc1ccccc1.CC(C)(C)c1ccccc1.COc1ccc(C(C)(C)C)cc1. The summed E-state index contributed by atoms with van der Waals surface area (Å²) in [5, 5.41) is 0. The number of hydrogen-bond acceptors (Lipinski definition) is 1. The van der Waals surface area contributed by atoms with E-state index < -0.39 is 0 Å². The number of hydrogen-bond donors (Lipinski definition) is 0. The van der Waals surface area contributed by atoms with Gasteiger partial charge >= 0.3 is 0 Å². The number of ether oxygens (including phenoxy) is 1. The molecule has 34 heavy (non-hydrogen) atoms. The molecule has 0 aromatic heterocycles. The van der Waals surface area contributed by atoms with E-state index in [0.717, 1.165) is 12.2 Å². The van der Waals surface area contributed by atoms with Crippen LogP contribution < -0.4 is 4.74 Å². The van der Waals surface area contributed by atoms with Crippen LogP contribution >= 0.6 is 0 Å². The second-order valence-corrected chi connectivity index (χ2v) is 11.8. The molecule has 0 unspecified atom stereocenters. The Kier molecular flexibility index (Phi) is 13.0. The van der Waals surface area contributed by atoms with Gasteiger partial charge in [0.25, 0.3) is 0 Å². The van der Waals surface area contributed by atoms with E-state index in [2.05, 4.69) is 135 Å². The van der Waals surface area contributed by atoms with Crippen molar-refractivity contribution in [3.05, 3.63) is 102 Å². The van der Waals surface area contributed by atoms with Crippen molar-refractivity contribution in [2.24, 2.45) is 5.41 Å². The lowest BCUT2D eigenvalue weighted by Gasteiger charge is -2.18. The van der Waals surface area contributed by atoms with E-state index >= 15 is 0 Å². The highest BCUT2D eigenvalue weighted by molar-refractivity contribution is 5.30. The van der Waals surface area contributed by atoms with Crippen molar-refractivity contribution < 1.29 is 4.74 Å². The van der Waals surface area contributed by atoms with Crippen molar-refractivity contribution in [3.8, 4) is 5.75 Å². The summed E-state index contributed by atoms with van der Waals surface area (Å²) in [4.78, 5) is 0. The zero-order valence-corrected chi connectivity index (χ0v) is 22.7. The van der Waals surface area contributed by atoms with Crippen LogP contribution in [-0.2, 0) is 17.3 Å². The van der Waals surface area contributed by atoms with Gasteiger partial charge in [0.15, 0.2) is 0 Å². The zero-order valence-electron chi connectivity index (χ0n) is 22.7. The molecular formula is C33H50O. The third-order valence-electron chi connectivity index (χ3n) is 5.17. The first-order valence-electron chi connectivity index (χ1n) is 12.0. The predicted molar refractivity (Wildman–Crippen MR) is 153 cm³/mol. The molecule has 0 fully saturated rings. The molecule has 1 heteroatoms. The van der Waals surface area contributed by atoms with Gasteiger partial charge in [-0.2, -0.15) is 0 Å². The molecule has 0 aliphatic heterocycles. The molecule has 0 saturated carbocycles. The van der Waals surface area contributed by atoms with Gasteiger partial charge < -0.3 is 4.74 Å². The van der Waals surface area contributed by atoms with Crippen LogP contribution in [0.1, 0.15) is 86.4 Å². The summed E-state index contributed by atoms with van der Waals surface area (Å²) < 4.78 is 5.08. The second kappa shape index (κ2) is 14.0. The Morgan fingerprint density at radius 2 is 0.912 bits per heavy atom. The van der Waals surface area contributed by atoms with Crippen molar-refractivity contribution in [2.75, 3.05) is 7.11 Å². The maximum absolute atomic E-state index is 5.08. The molecule has 0 saturated heterocycles. The minimum Gasteiger partial charge on any atom is -0.497 e. The smallest absolute Gasteiger partial charge is 0.118 e. The highest BCUT2D eigenvalue weighted by atomic mass is 16.5. The van der Waals surface area contributed by atoms with E-state index in [4.69, 9.17) is 4.74 Å². The Hall–Kier alpha value is -2.54. The van der Waals surface area contributed by atoms with Crippen LogP contribution in [0.25, 0.3) is 0 Å². The van der Waals surface area contributed by atoms with E-state index in [-0.39, 0.29) is 12.8 Å². The van der Waals surface area contributed by atoms with E-state index in [9.17, 15) is 0 Å². The standard InChI is InChI=1S/C11H16O.C11H16.C10H14.CH4/c1-11(2,3)9-5-7-10(12-4)8-6-9;1-11(2,3)9-10-7-5-4-6-8-10;1-10(2,3)9-7-5-4-6-8-9;/h5-8H,1-4H3;4-8H,9H2,1-3H3;4-8H,1-3H3;1H4. The first kappa shape index (κ1) is 31.5. The molecule has 0 N–H and O–H groups in total. The Balaban J connectivity index is 0.000000475. The molecule has 0 aliphatic rings. The fourth-order valence-corrected chi connectivity index (χ4v) is 3.24. The Labute approximate surface area is 211 Å². The van der Waals surface area contributed by atoms with Crippen LogP contribution in [0.15, 0.2) is 84.9 Å². The molecule has 3 rings (SSSR count). The molecule has 3 aromatic rings. The molecular weight excluding hydrogens is 412 g/mol. The highest BCUT2D eigenvalue weighted by Gasteiger charge is 2.13. The Morgan fingerprint density at radius 3 is 1.24 bits per heavy atom. The first-order valence-corrected chi connectivity index (χ1v) is 12.0. The third-order valence-corrected chi connectivity index (χ3v) is 5.17. The fourth-order valence-electron chi connectivity index (χ4n) is 3.24. The minimum atomic E-state index is 0. The lowest BCUT2D eigenvalue weighted by Crippen LogP contribution is -2.10. The average molecular weight is 463 g/mol. The zero-order chi connectivity index (χ0) is 25.1. The summed E-state index contributed by atoms with van der Waals surface area (Å²) >= 11 is 0. The molecule has 1 nitrogen and oxygen atoms in total. The molecule has 0 amide bonds. The molecule has 0 bridgehead atoms. The van der Waals surface area contributed by atoms with Gasteiger partial charge in [-0.15, -0.1) is 0 Å². The lowest BCUT2D eigenvalue weighted by molar-refractivity contribution is 0.411. The quantitative estimate of drug-likeness (QED) is 0.368. The topological polar surface area (TPSA) is 9.23 Å². The summed E-state index contributed by atoms with van der Waals surface area (Å²) in [6.07, 6.45) is 1.16. The number of methoxy groups -OCH3 is 1. The summed E-state index contributed by atoms with van der Waals surface area (Å²) in [5.41, 5.74) is 5.09. The van der Waals surface area contributed by atoms with Crippen molar-refractivity contribution in [1.29, 1.82) is 0 Å². The van der Waals surface area contributed by atoms with Crippen molar-refractivity contribution in [2.45, 2.75) is 87.0 Å². The van der Waals surface area contributed by atoms with Gasteiger partial charge in [0.2, 0.25) is 0 Å². The third kappa shape index (κ3) is 13.2. The average Bonchev–Trinajstić information content (AvgIpc) is 2.74. The molecule has 0 atom stereocenters. The Morgan fingerprint density at radius 1 is 0.529 bits per heavy atom. The molecule has 0 heterocycles. The normalized spacial score (nSPS) is 11.1. The lowest BCUT2D eigenvalue weighted by atomic mass is 9.87. The molecule has 0 radical (unpaired) electrons. The van der Waals surface area contributed by atoms with Gasteiger partial charge in [0.05, 0.1) is 7.11 Å². The van der Waals surface area contributed by atoms with E-state index in [1.807, 2.05) is 12.1 Å². The minimum absolute atomic E-state index is 0. The first-order chi connectivity index (χ1) is 15.2. The maximum atomic E-state index is 5.08. The van der Waals surface area contributed by atoms with Crippen molar-refractivity contribution in [1.82, 2.24) is 0 Å². The van der Waals surface area contributed by atoms with Crippen molar-refractivity contribution in [3.63, 3.8) is 0 Å². The summed E-state index contributed by atoms with van der Waals surface area (Å²) in [7, 11) is 1.69. The van der Waals surface area contributed by atoms with Gasteiger partial charge in [-0.05, 0) is 51.5 Å². The molecule has 0 aliphatic carbocycles. The van der Waals surface area contributed by atoms with Gasteiger partial charge in [-0.25, -0.2) is 0 Å². The molecule has 188 valence electrons. The predicted octanol–water partition coefficient (Wildman–Crippen LogP) is 9.89. The largest absolute Gasteiger partial charge is 0.497 e. The monoisotopic (exact) mass is 462 g/mol. The van der Waals surface area contributed by atoms with Crippen LogP contribution in [0.3, 0.4) is 0 Å². The van der Waals surface area contributed by atoms with Crippen LogP contribution in [0.2, 0.25) is 0 Å². The van der Waals surface area contributed by atoms with Crippen LogP contribution in [-0.4, -0.2) is 7.11 Å². The second-order valence-electron chi connectivity index (χ2n) is 11.8. The fraction of sp³-hybridized carbons (Fsp3) is 0.455. The van der Waals surface area contributed by atoms with Crippen LogP contribution in [0.5, 0.6) is 5.75 Å². The van der Waals surface area contributed by atoms with E-state index in [1.54, 1.807) is 7.11 Å². The molecule has 3 aromatic carbocycles. The van der Waals surface area contributed by atoms with E-state index in [1.165, 1.54) is 16.7 Å². The van der Waals surface area contributed by atoms with Gasteiger partial charge in [0.1, 0.15) is 5.75 Å². The summed E-state index contributed by atoms with van der Waals surface area (Å²) in [6, 6.07) is 29.4. The van der Waals surface area contributed by atoms with Gasteiger partial charge in [-0.3, -0.25) is 0 Å². The molecule has 0 spiro atoms. The highest BCUT2D eigenvalue weighted by Crippen LogP contribution is 2.24. The van der Waals surface area contributed by atoms with Crippen molar-refractivity contribution >= 4 is 0 Å². The summed E-state index contributed by atoms with van der Waals surface area (Å²) in [5.74, 6) is 0.919. The maximum Gasteiger partial charge on any atom is 0.118 e. The summed E-state index contributed by atoms with van der Waals surface area (Å²) in [6.45, 7) is 20.1. The number of rotatable bonds is 2. The van der Waals surface area contributed by atoms with Crippen LogP contribution in [0, 0.1) is 5.41 Å². The Bertz CT molecular complexity index is 887. The van der Waals surface area contributed by atoms with E-state index in [0.29, 0.717) is 10.8 Å². The van der Waals surface area contributed by atoms with Gasteiger partial charge in [0, 0.05) is 0 Å². The number of benzene rings is 3.